The number of anilines is 2. The fourth-order valence-electron chi connectivity index (χ4n) is 2.57. The number of nitrogens with zero attached hydrogens (tertiary/aromatic N) is 1. The first kappa shape index (κ1) is 22.8. The molecule has 0 unspecified atom stereocenters. The molecule has 0 aliphatic heterocycles. The topological polar surface area (TPSA) is 120 Å². The first-order valence-corrected chi connectivity index (χ1v) is 11.3. The Hall–Kier alpha value is -2.89. The Morgan fingerprint density at radius 2 is 1.87 bits per heavy atom. The molecule has 0 atom stereocenters. The average Bonchev–Trinajstić information content (AvgIpc) is 3.13. The first-order valence-electron chi connectivity index (χ1n) is 9.07. The van der Waals surface area contributed by atoms with E-state index >= 15 is 0 Å². The number of ether oxygens (including phenoxy) is 2. The van der Waals surface area contributed by atoms with Gasteiger partial charge in [-0.15, -0.1) is 0 Å². The number of sulfonamides is 1. The standard InChI is InChI=1S/C20H20BrN3O6S/c1-13-11-19(23-30-13)24-31(26,27)16-6-4-15(5-7-16)22-20(25)17-12-14(21)3-8-18(17)29-10-9-28-2/h3-8,11-12H,9-10H2,1-2H3,(H,22,25)(H,23,24). The van der Waals surface area contributed by atoms with Crippen molar-refractivity contribution in [2.75, 3.05) is 30.4 Å². The van der Waals surface area contributed by atoms with Gasteiger partial charge in [-0.3, -0.25) is 9.52 Å². The van der Waals surface area contributed by atoms with Crippen LogP contribution in [0.5, 0.6) is 5.75 Å². The second-order valence-corrected chi connectivity index (χ2v) is 8.99. The molecule has 1 amide bonds. The van der Waals surface area contributed by atoms with Crippen molar-refractivity contribution in [1.29, 1.82) is 0 Å². The van der Waals surface area contributed by atoms with Crippen LogP contribution in [0.2, 0.25) is 0 Å². The van der Waals surface area contributed by atoms with Crippen LogP contribution in [0.4, 0.5) is 11.5 Å². The van der Waals surface area contributed by atoms with Crippen molar-refractivity contribution in [2.45, 2.75) is 11.8 Å². The first-order chi connectivity index (χ1) is 14.8. The van der Waals surface area contributed by atoms with E-state index in [1.807, 2.05) is 0 Å². The molecule has 0 bridgehead atoms. The maximum Gasteiger partial charge on any atom is 0.263 e. The van der Waals surface area contributed by atoms with Crippen LogP contribution in [0.25, 0.3) is 0 Å². The molecule has 0 radical (unpaired) electrons. The number of halogens is 1. The van der Waals surface area contributed by atoms with Gasteiger partial charge in [-0.1, -0.05) is 21.1 Å². The summed E-state index contributed by atoms with van der Waals surface area (Å²) in [6.07, 6.45) is 0. The summed E-state index contributed by atoms with van der Waals surface area (Å²) in [5.74, 6) is 0.573. The third-order valence-corrected chi connectivity index (χ3v) is 5.88. The Labute approximate surface area is 187 Å². The Balaban J connectivity index is 1.72. The molecule has 1 aromatic heterocycles. The van der Waals surface area contributed by atoms with E-state index in [0.717, 1.165) is 0 Å². The van der Waals surface area contributed by atoms with Crippen molar-refractivity contribution in [1.82, 2.24) is 5.16 Å². The molecule has 0 aliphatic rings. The van der Waals surface area contributed by atoms with E-state index in [0.29, 0.717) is 40.4 Å². The van der Waals surface area contributed by atoms with E-state index in [1.165, 1.54) is 30.3 Å². The van der Waals surface area contributed by atoms with Crippen molar-refractivity contribution in [3.63, 3.8) is 0 Å². The quantitative estimate of drug-likeness (QED) is 0.420. The monoisotopic (exact) mass is 509 g/mol. The SMILES string of the molecule is COCCOc1ccc(Br)cc1C(=O)Nc1ccc(S(=O)(=O)Nc2cc(C)on2)cc1. The number of carbonyl (C=O) groups excluding carboxylic acids is 1. The maximum absolute atomic E-state index is 12.8. The number of carbonyl (C=O) groups is 1. The van der Waals surface area contributed by atoms with Gasteiger partial charge in [-0.05, 0) is 49.4 Å². The highest BCUT2D eigenvalue weighted by Gasteiger charge is 2.17. The molecule has 2 N–H and O–H groups in total. The minimum atomic E-state index is -3.85. The van der Waals surface area contributed by atoms with Gasteiger partial charge in [0.15, 0.2) is 5.82 Å². The van der Waals surface area contributed by atoms with Gasteiger partial charge in [0.25, 0.3) is 15.9 Å². The van der Waals surface area contributed by atoms with Gasteiger partial charge < -0.3 is 19.3 Å². The highest BCUT2D eigenvalue weighted by Crippen LogP contribution is 2.25. The number of aryl methyl sites for hydroxylation is 1. The third kappa shape index (κ3) is 6.06. The molecule has 164 valence electrons. The van der Waals surface area contributed by atoms with Crippen molar-refractivity contribution in [2.24, 2.45) is 0 Å². The summed E-state index contributed by atoms with van der Waals surface area (Å²) in [5.41, 5.74) is 0.745. The predicted octanol–water partition coefficient (Wildman–Crippen LogP) is 3.82. The lowest BCUT2D eigenvalue weighted by atomic mass is 10.2. The number of nitrogens with one attached hydrogen (secondary N) is 2. The van der Waals surface area contributed by atoms with Crippen LogP contribution in [0, 0.1) is 6.92 Å². The van der Waals surface area contributed by atoms with Crippen molar-refractivity contribution in [3.05, 3.63) is 64.3 Å². The maximum atomic E-state index is 12.8. The Morgan fingerprint density at radius 3 is 2.52 bits per heavy atom. The molecule has 0 aliphatic carbocycles. The fraction of sp³-hybridized carbons (Fsp3) is 0.200. The zero-order valence-corrected chi connectivity index (χ0v) is 19.1. The molecule has 9 nitrogen and oxygen atoms in total. The van der Waals surface area contributed by atoms with E-state index < -0.39 is 15.9 Å². The third-order valence-electron chi connectivity index (χ3n) is 4.02. The lowest BCUT2D eigenvalue weighted by Crippen LogP contribution is -2.16. The Morgan fingerprint density at radius 1 is 1.13 bits per heavy atom. The number of methoxy groups -OCH3 is 1. The number of rotatable bonds is 9. The molecule has 0 saturated carbocycles. The fourth-order valence-corrected chi connectivity index (χ4v) is 3.91. The number of amides is 1. The predicted molar refractivity (Wildman–Crippen MR) is 118 cm³/mol. The zero-order chi connectivity index (χ0) is 22.4. The summed E-state index contributed by atoms with van der Waals surface area (Å²) in [5, 5.41) is 6.35. The van der Waals surface area contributed by atoms with Gasteiger partial charge >= 0.3 is 0 Å². The molecule has 11 heteroatoms. The van der Waals surface area contributed by atoms with Gasteiger partial charge in [-0.25, -0.2) is 8.42 Å². The minimum absolute atomic E-state index is 0.0113. The largest absolute Gasteiger partial charge is 0.490 e. The van der Waals surface area contributed by atoms with Gasteiger partial charge in [0.1, 0.15) is 18.1 Å². The summed E-state index contributed by atoms with van der Waals surface area (Å²) in [6.45, 7) is 2.33. The van der Waals surface area contributed by atoms with E-state index in [2.05, 4.69) is 31.1 Å². The van der Waals surface area contributed by atoms with Crippen molar-refractivity contribution >= 4 is 43.4 Å². The molecular formula is C20H20BrN3O6S. The van der Waals surface area contributed by atoms with Crippen molar-refractivity contribution < 1.29 is 27.2 Å². The summed E-state index contributed by atoms with van der Waals surface area (Å²) in [6, 6.07) is 12.3. The highest BCUT2D eigenvalue weighted by molar-refractivity contribution is 9.10. The van der Waals surface area contributed by atoms with Gasteiger partial charge in [0.05, 0.1) is 17.1 Å². The molecular weight excluding hydrogens is 490 g/mol. The average molecular weight is 510 g/mol. The van der Waals surface area contributed by atoms with E-state index in [9.17, 15) is 13.2 Å². The number of aromatic nitrogens is 1. The Kier molecular flexibility index (Phi) is 7.31. The molecule has 1 heterocycles. The smallest absolute Gasteiger partial charge is 0.263 e. The van der Waals surface area contributed by atoms with E-state index in [4.69, 9.17) is 14.0 Å². The van der Waals surface area contributed by atoms with Crippen molar-refractivity contribution in [3.8, 4) is 5.75 Å². The molecule has 3 rings (SSSR count). The summed E-state index contributed by atoms with van der Waals surface area (Å²) in [7, 11) is -2.29. The van der Waals surface area contributed by atoms with Crippen LogP contribution in [0.1, 0.15) is 16.1 Å². The molecule has 0 spiro atoms. The Bertz CT molecular complexity index is 1160. The van der Waals surface area contributed by atoms with Gasteiger partial charge in [0.2, 0.25) is 0 Å². The van der Waals surface area contributed by atoms with Crippen LogP contribution in [0.3, 0.4) is 0 Å². The lowest BCUT2D eigenvalue weighted by Gasteiger charge is -2.12. The second-order valence-electron chi connectivity index (χ2n) is 6.39. The molecule has 2 aromatic carbocycles. The number of benzene rings is 2. The van der Waals surface area contributed by atoms with E-state index in [1.54, 1.807) is 32.2 Å². The molecule has 31 heavy (non-hydrogen) atoms. The molecule has 0 fully saturated rings. The zero-order valence-electron chi connectivity index (χ0n) is 16.7. The molecule has 0 saturated heterocycles. The number of hydrogen-bond acceptors (Lipinski definition) is 7. The highest BCUT2D eigenvalue weighted by atomic mass is 79.9. The second kappa shape index (κ2) is 9.94. The summed E-state index contributed by atoms with van der Waals surface area (Å²) < 4.78 is 43.4. The van der Waals surface area contributed by atoms with Crippen LogP contribution in [0.15, 0.2) is 62.4 Å². The molecule has 3 aromatic rings. The van der Waals surface area contributed by atoms with Crippen LogP contribution in [-0.2, 0) is 14.8 Å². The van der Waals surface area contributed by atoms with Gasteiger partial charge in [0, 0.05) is 23.3 Å². The summed E-state index contributed by atoms with van der Waals surface area (Å²) >= 11 is 3.35. The van der Waals surface area contributed by atoms with Crippen LogP contribution in [-0.4, -0.2) is 39.8 Å². The normalized spacial score (nSPS) is 11.2. The van der Waals surface area contributed by atoms with Gasteiger partial charge in [-0.2, -0.15) is 0 Å². The lowest BCUT2D eigenvalue weighted by molar-refractivity contribution is 0.101. The van der Waals surface area contributed by atoms with Crippen LogP contribution < -0.4 is 14.8 Å². The summed E-state index contributed by atoms with van der Waals surface area (Å²) in [4.78, 5) is 12.8. The minimum Gasteiger partial charge on any atom is -0.490 e. The van der Waals surface area contributed by atoms with E-state index in [-0.39, 0.29) is 10.7 Å². The van der Waals surface area contributed by atoms with Crippen LogP contribution >= 0.6 is 15.9 Å². The number of hydrogen-bond donors (Lipinski definition) is 2.